The molecule has 2 N–H and O–H groups in total. The van der Waals surface area contributed by atoms with Crippen molar-refractivity contribution in [1.29, 1.82) is 0 Å². The van der Waals surface area contributed by atoms with Gasteiger partial charge in [-0.2, -0.15) is 0 Å². The summed E-state index contributed by atoms with van der Waals surface area (Å²) in [6.07, 6.45) is 3.71. The maximum Gasteiger partial charge on any atom is 0.191 e. The van der Waals surface area contributed by atoms with E-state index < -0.39 is 0 Å². The van der Waals surface area contributed by atoms with Crippen LogP contribution in [0.25, 0.3) is 0 Å². The Hall–Kier alpha value is -1.27. The van der Waals surface area contributed by atoms with Crippen molar-refractivity contribution in [3.63, 3.8) is 0 Å². The Balaban J connectivity index is 0.00000338. The predicted octanol–water partition coefficient (Wildman–Crippen LogP) is 1.82. The first-order valence-corrected chi connectivity index (χ1v) is 9.19. The van der Waals surface area contributed by atoms with Crippen molar-refractivity contribution < 1.29 is 4.74 Å². The van der Waals surface area contributed by atoms with Crippen molar-refractivity contribution in [2.45, 2.75) is 33.2 Å². The van der Waals surface area contributed by atoms with E-state index in [4.69, 9.17) is 4.74 Å². The lowest BCUT2D eigenvalue weighted by atomic mass is 10.4. The Morgan fingerprint density at radius 3 is 2.65 bits per heavy atom. The third kappa shape index (κ3) is 7.54. The molecule has 8 nitrogen and oxygen atoms in total. The van der Waals surface area contributed by atoms with E-state index in [9.17, 15) is 0 Å². The minimum atomic E-state index is 0. The zero-order valence-electron chi connectivity index (χ0n) is 15.8. The second-order valence-corrected chi connectivity index (χ2v) is 7.02. The monoisotopic (exact) mass is 493 g/mol. The van der Waals surface area contributed by atoms with Gasteiger partial charge in [0.1, 0.15) is 12.4 Å². The average Bonchev–Trinajstić information content (AvgIpc) is 3.15. The Morgan fingerprint density at radius 1 is 1.27 bits per heavy atom. The summed E-state index contributed by atoms with van der Waals surface area (Å²) in [7, 11) is 3.66. The standard InChI is InChI=1S/C16H27N7OS.HI/c1-12-10-19-15(25-12)6-8-18-16(17-7-5-9-24-4)20-11-14-22-21-13(2)23(14)3;/h10H,5-9,11H2,1-4H3,(H2,17,18,20);1H. The number of hydrogen-bond acceptors (Lipinski definition) is 6. The highest BCUT2D eigenvalue weighted by atomic mass is 127. The lowest BCUT2D eigenvalue weighted by Gasteiger charge is -2.12. The molecule has 0 aliphatic heterocycles. The molecule has 0 radical (unpaired) electrons. The Labute approximate surface area is 175 Å². The normalized spacial score (nSPS) is 11.3. The van der Waals surface area contributed by atoms with Gasteiger partial charge < -0.3 is 19.9 Å². The molecule has 0 fully saturated rings. The van der Waals surface area contributed by atoms with Gasteiger partial charge in [-0.3, -0.25) is 0 Å². The van der Waals surface area contributed by atoms with Crippen molar-refractivity contribution in [2.75, 3.05) is 26.8 Å². The Morgan fingerprint density at radius 2 is 2.04 bits per heavy atom. The lowest BCUT2D eigenvalue weighted by molar-refractivity contribution is 0.195. The summed E-state index contributed by atoms with van der Waals surface area (Å²) in [5.41, 5.74) is 0. The molecule has 0 saturated heterocycles. The Bertz CT molecular complexity index is 686. The number of hydrogen-bond donors (Lipinski definition) is 2. The van der Waals surface area contributed by atoms with Crippen LogP contribution in [0.15, 0.2) is 11.2 Å². The molecule has 2 rings (SSSR count). The van der Waals surface area contributed by atoms with E-state index in [1.165, 1.54) is 4.88 Å². The summed E-state index contributed by atoms with van der Waals surface area (Å²) < 4.78 is 7.03. The maximum absolute atomic E-state index is 5.08. The zero-order valence-corrected chi connectivity index (χ0v) is 18.9. The molecule has 0 bridgehead atoms. The number of halogens is 1. The van der Waals surface area contributed by atoms with Gasteiger partial charge in [-0.15, -0.1) is 45.5 Å². The van der Waals surface area contributed by atoms with Crippen LogP contribution < -0.4 is 10.6 Å². The number of nitrogens with zero attached hydrogens (tertiary/aromatic N) is 5. The van der Waals surface area contributed by atoms with Crippen LogP contribution in [-0.4, -0.2) is 52.5 Å². The summed E-state index contributed by atoms with van der Waals surface area (Å²) >= 11 is 1.73. The van der Waals surface area contributed by atoms with E-state index in [0.717, 1.165) is 55.2 Å². The molecule has 0 aliphatic rings. The summed E-state index contributed by atoms with van der Waals surface area (Å²) in [4.78, 5) is 10.2. The quantitative estimate of drug-likeness (QED) is 0.240. The van der Waals surface area contributed by atoms with Gasteiger partial charge in [-0.1, -0.05) is 0 Å². The summed E-state index contributed by atoms with van der Waals surface area (Å²) in [5.74, 6) is 2.49. The largest absolute Gasteiger partial charge is 0.385 e. The number of aromatic nitrogens is 4. The first kappa shape index (κ1) is 22.8. The Kier molecular flexibility index (Phi) is 10.7. The third-order valence-corrected chi connectivity index (χ3v) is 4.65. The number of aryl methyl sites for hydroxylation is 2. The number of aliphatic imine (C=N–C) groups is 1. The van der Waals surface area contributed by atoms with Gasteiger partial charge in [0.05, 0.1) is 5.01 Å². The summed E-state index contributed by atoms with van der Waals surface area (Å²) in [5, 5.41) is 16.0. The van der Waals surface area contributed by atoms with Gasteiger partial charge in [-0.05, 0) is 20.3 Å². The van der Waals surface area contributed by atoms with Crippen LogP contribution in [0, 0.1) is 13.8 Å². The highest BCUT2D eigenvalue weighted by Crippen LogP contribution is 2.10. The van der Waals surface area contributed by atoms with Crippen LogP contribution in [0.1, 0.15) is 28.0 Å². The fourth-order valence-electron chi connectivity index (χ4n) is 2.14. The van der Waals surface area contributed by atoms with Crippen LogP contribution in [0.4, 0.5) is 0 Å². The number of guanidine groups is 1. The molecule has 2 aromatic rings. The molecule has 10 heteroatoms. The van der Waals surface area contributed by atoms with Crippen LogP contribution in [-0.2, 0) is 24.8 Å². The van der Waals surface area contributed by atoms with Gasteiger partial charge in [-0.25, -0.2) is 9.98 Å². The zero-order chi connectivity index (χ0) is 18.1. The summed E-state index contributed by atoms with van der Waals surface area (Å²) in [6.45, 7) is 6.78. The van der Waals surface area contributed by atoms with Gasteiger partial charge in [0, 0.05) is 51.3 Å². The fourth-order valence-corrected chi connectivity index (χ4v) is 2.93. The van der Waals surface area contributed by atoms with Crippen molar-refractivity contribution in [2.24, 2.45) is 12.0 Å². The topological polar surface area (TPSA) is 89.2 Å². The molecule has 26 heavy (non-hydrogen) atoms. The minimum Gasteiger partial charge on any atom is -0.385 e. The highest BCUT2D eigenvalue weighted by Gasteiger charge is 2.06. The molecule has 2 aromatic heterocycles. The average molecular weight is 493 g/mol. The van der Waals surface area contributed by atoms with E-state index in [2.05, 4.69) is 37.7 Å². The molecule has 2 heterocycles. The first-order chi connectivity index (χ1) is 12.1. The van der Waals surface area contributed by atoms with Gasteiger partial charge in [0.2, 0.25) is 0 Å². The van der Waals surface area contributed by atoms with E-state index in [0.29, 0.717) is 6.54 Å². The molecule has 0 aliphatic carbocycles. The number of rotatable bonds is 9. The van der Waals surface area contributed by atoms with E-state index in [-0.39, 0.29) is 24.0 Å². The number of thiazole rings is 1. The van der Waals surface area contributed by atoms with Crippen molar-refractivity contribution in [3.8, 4) is 0 Å². The number of ether oxygens (including phenoxy) is 1. The van der Waals surface area contributed by atoms with Gasteiger partial charge >= 0.3 is 0 Å². The van der Waals surface area contributed by atoms with Gasteiger partial charge in [0.25, 0.3) is 0 Å². The number of methoxy groups -OCH3 is 1. The molecule has 146 valence electrons. The SMILES string of the molecule is COCCCNC(=NCc1nnc(C)n1C)NCCc1ncc(C)s1.I. The predicted molar refractivity (Wildman–Crippen MR) is 115 cm³/mol. The van der Waals surface area contributed by atoms with Crippen molar-refractivity contribution in [1.82, 2.24) is 30.4 Å². The molecular weight excluding hydrogens is 465 g/mol. The van der Waals surface area contributed by atoms with Crippen LogP contribution in [0.2, 0.25) is 0 Å². The molecule has 0 amide bonds. The minimum absolute atomic E-state index is 0. The molecular formula is C16H28IN7OS. The molecule has 0 atom stereocenters. The first-order valence-electron chi connectivity index (χ1n) is 8.37. The van der Waals surface area contributed by atoms with E-state index in [1.807, 2.05) is 24.7 Å². The second-order valence-electron chi connectivity index (χ2n) is 5.70. The van der Waals surface area contributed by atoms with Gasteiger partial charge in [0.15, 0.2) is 11.8 Å². The van der Waals surface area contributed by atoms with Crippen molar-refractivity contribution >= 4 is 41.3 Å². The van der Waals surface area contributed by atoms with Crippen LogP contribution in [0.3, 0.4) is 0 Å². The molecule has 0 unspecified atom stereocenters. The smallest absolute Gasteiger partial charge is 0.191 e. The number of nitrogens with one attached hydrogen (secondary N) is 2. The maximum atomic E-state index is 5.08. The highest BCUT2D eigenvalue weighted by molar-refractivity contribution is 14.0. The molecule has 0 aromatic carbocycles. The second kappa shape index (κ2) is 12.2. The third-order valence-electron chi connectivity index (χ3n) is 3.68. The van der Waals surface area contributed by atoms with E-state index in [1.54, 1.807) is 18.4 Å². The summed E-state index contributed by atoms with van der Waals surface area (Å²) in [6, 6.07) is 0. The molecule has 0 saturated carbocycles. The molecule has 0 spiro atoms. The van der Waals surface area contributed by atoms with Crippen LogP contribution in [0.5, 0.6) is 0 Å². The van der Waals surface area contributed by atoms with Crippen LogP contribution >= 0.6 is 35.3 Å². The fraction of sp³-hybridized carbons (Fsp3) is 0.625. The van der Waals surface area contributed by atoms with E-state index >= 15 is 0 Å². The lowest BCUT2D eigenvalue weighted by Crippen LogP contribution is -2.39. The van der Waals surface area contributed by atoms with Crippen molar-refractivity contribution in [3.05, 3.63) is 27.7 Å².